The van der Waals surface area contributed by atoms with Crippen LogP contribution in [-0.4, -0.2) is 67.0 Å². The normalized spacial score (nSPS) is 20.8. The van der Waals surface area contributed by atoms with Crippen LogP contribution in [-0.2, 0) is 22.4 Å². The Kier molecular flexibility index (Phi) is 11.5. The molecule has 2 unspecified atom stereocenters. The van der Waals surface area contributed by atoms with Crippen molar-refractivity contribution in [3.05, 3.63) is 58.2 Å². The van der Waals surface area contributed by atoms with E-state index in [9.17, 15) is 0 Å². The van der Waals surface area contributed by atoms with E-state index >= 15 is 0 Å². The summed E-state index contributed by atoms with van der Waals surface area (Å²) < 4.78 is 12.0. The molecule has 0 amide bonds. The van der Waals surface area contributed by atoms with E-state index in [4.69, 9.17) is 19.4 Å². The second kappa shape index (κ2) is 14.9. The van der Waals surface area contributed by atoms with Crippen molar-refractivity contribution in [2.75, 3.05) is 40.0 Å². The van der Waals surface area contributed by atoms with Crippen LogP contribution >= 0.6 is 0 Å². The van der Waals surface area contributed by atoms with Crippen LogP contribution in [0.3, 0.4) is 0 Å². The van der Waals surface area contributed by atoms with E-state index in [1.165, 1.54) is 33.9 Å². The molecule has 2 atom stereocenters. The first-order chi connectivity index (χ1) is 19.2. The van der Waals surface area contributed by atoms with Gasteiger partial charge in [-0.1, -0.05) is 53.7 Å². The first-order valence-electron chi connectivity index (χ1n) is 15.8. The van der Waals surface area contributed by atoms with Crippen molar-refractivity contribution >= 4 is 0 Å². The minimum absolute atomic E-state index is 0.240. The number of aromatic nitrogens is 2. The standard InChI is InChI=1S/C34H54N4O2/c1-23(2)31-10-8-29(26-13-17-39-18-14-26)33(36-31)12-16-38(7)22-28-20-27(15-19-40-28)30-9-11-32(24(3)4)37-34(30)21-35-25(5)6/h8-11,23-28,35H,12-22H2,1-7H3. The fourth-order valence-electron chi connectivity index (χ4n) is 6.12. The minimum atomic E-state index is 0.240. The number of rotatable bonds is 12. The van der Waals surface area contributed by atoms with Gasteiger partial charge in [0.1, 0.15) is 0 Å². The molecule has 4 heterocycles. The quantitative estimate of drug-likeness (QED) is 0.323. The van der Waals surface area contributed by atoms with Crippen LogP contribution in [0.15, 0.2) is 24.3 Å². The summed E-state index contributed by atoms with van der Waals surface area (Å²) in [4.78, 5) is 12.7. The molecule has 2 aliphatic heterocycles. The summed E-state index contributed by atoms with van der Waals surface area (Å²) in [5.41, 5.74) is 7.73. The Morgan fingerprint density at radius 2 is 1.43 bits per heavy atom. The molecule has 2 fully saturated rings. The molecule has 0 radical (unpaired) electrons. The third kappa shape index (κ3) is 8.58. The summed E-state index contributed by atoms with van der Waals surface area (Å²) in [6, 6.07) is 9.63. The van der Waals surface area contributed by atoms with Crippen LogP contribution in [0, 0.1) is 0 Å². The van der Waals surface area contributed by atoms with Gasteiger partial charge in [-0.25, -0.2) is 0 Å². The maximum absolute atomic E-state index is 6.31. The fraction of sp³-hybridized carbons (Fsp3) is 0.706. The smallest absolute Gasteiger partial charge is 0.0707 e. The number of nitrogens with zero attached hydrogens (tertiary/aromatic N) is 3. The van der Waals surface area contributed by atoms with Crippen LogP contribution in [0.2, 0.25) is 0 Å². The van der Waals surface area contributed by atoms with E-state index in [2.05, 4.69) is 83.1 Å². The van der Waals surface area contributed by atoms with E-state index in [-0.39, 0.29) is 6.10 Å². The van der Waals surface area contributed by atoms with Crippen LogP contribution in [0.1, 0.15) is 125 Å². The van der Waals surface area contributed by atoms with E-state index in [1.807, 2.05) is 0 Å². The van der Waals surface area contributed by atoms with Gasteiger partial charge in [0.15, 0.2) is 0 Å². The lowest BCUT2D eigenvalue weighted by Crippen LogP contribution is -2.37. The minimum Gasteiger partial charge on any atom is -0.381 e. The average Bonchev–Trinajstić information content (AvgIpc) is 2.95. The van der Waals surface area contributed by atoms with Gasteiger partial charge in [0.25, 0.3) is 0 Å². The second-order valence-corrected chi connectivity index (χ2v) is 13.0. The van der Waals surface area contributed by atoms with Crippen LogP contribution in [0.4, 0.5) is 0 Å². The highest BCUT2D eigenvalue weighted by molar-refractivity contribution is 5.30. The highest BCUT2D eigenvalue weighted by Gasteiger charge is 2.28. The van der Waals surface area contributed by atoms with Crippen molar-refractivity contribution in [3.8, 4) is 0 Å². The summed E-state index contributed by atoms with van der Waals surface area (Å²) in [6.07, 6.45) is 5.54. The predicted octanol–water partition coefficient (Wildman–Crippen LogP) is 6.55. The lowest BCUT2D eigenvalue weighted by Gasteiger charge is -2.33. The van der Waals surface area contributed by atoms with E-state index < -0.39 is 0 Å². The molecule has 0 bridgehead atoms. The van der Waals surface area contributed by atoms with E-state index in [0.717, 1.165) is 71.6 Å². The molecule has 0 spiro atoms. The summed E-state index contributed by atoms with van der Waals surface area (Å²) in [5.74, 6) is 1.94. The van der Waals surface area contributed by atoms with E-state index in [1.54, 1.807) is 0 Å². The molecule has 2 aromatic heterocycles. The highest BCUT2D eigenvalue weighted by Crippen LogP contribution is 2.33. The molecule has 6 heteroatoms. The summed E-state index contributed by atoms with van der Waals surface area (Å²) in [7, 11) is 2.24. The highest BCUT2D eigenvalue weighted by atomic mass is 16.5. The number of nitrogens with one attached hydrogen (secondary N) is 1. The van der Waals surface area contributed by atoms with Gasteiger partial charge >= 0.3 is 0 Å². The Morgan fingerprint density at radius 3 is 2.05 bits per heavy atom. The zero-order valence-electron chi connectivity index (χ0n) is 26.2. The van der Waals surface area contributed by atoms with Gasteiger partial charge in [-0.2, -0.15) is 0 Å². The zero-order chi connectivity index (χ0) is 28.6. The Bertz CT molecular complexity index is 1060. The molecule has 40 heavy (non-hydrogen) atoms. The van der Waals surface area contributed by atoms with Crippen LogP contribution < -0.4 is 5.32 Å². The molecule has 0 saturated carbocycles. The maximum atomic E-state index is 6.31. The Labute approximate surface area is 243 Å². The molecule has 222 valence electrons. The fourth-order valence-corrected chi connectivity index (χ4v) is 6.12. The largest absolute Gasteiger partial charge is 0.381 e. The molecule has 6 nitrogen and oxygen atoms in total. The molecular formula is C34H54N4O2. The van der Waals surface area contributed by atoms with Crippen molar-refractivity contribution < 1.29 is 9.47 Å². The molecule has 2 aromatic rings. The van der Waals surface area contributed by atoms with Gasteiger partial charge in [0.05, 0.1) is 11.8 Å². The monoisotopic (exact) mass is 550 g/mol. The average molecular weight is 551 g/mol. The summed E-state index contributed by atoms with van der Waals surface area (Å²) in [6.45, 7) is 18.6. The zero-order valence-corrected chi connectivity index (χ0v) is 26.2. The predicted molar refractivity (Wildman–Crippen MR) is 164 cm³/mol. The maximum Gasteiger partial charge on any atom is 0.0707 e. The Hall–Kier alpha value is -1.86. The summed E-state index contributed by atoms with van der Waals surface area (Å²) >= 11 is 0. The van der Waals surface area contributed by atoms with Crippen molar-refractivity contribution in [2.24, 2.45) is 0 Å². The van der Waals surface area contributed by atoms with Gasteiger partial charge in [0, 0.05) is 69.0 Å². The van der Waals surface area contributed by atoms with Crippen LogP contribution in [0.5, 0.6) is 0 Å². The van der Waals surface area contributed by atoms with Crippen molar-refractivity contribution in [1.82, 2.24) is 20.2 Å². The second-order valence-electron chi connectivity index (χ2n) is 13.0. The van der Waals surface area contributed by atoms with Crippen molar-refractivity contribution in [3.63, 3.8) is 0 Å². The van der Waals surface area contributed by atoms with Crippen molar-refractivity contribution in [2.45, 2.75) is 116 Å². The first kappa shape index (κ1) is 31.1. The van der Waals surface area contributed by atoms with E-state index in [0.29, 0.717) is 29.7 Å². The lowest BCUT2D eigenvalue weighted by molar-refractivity contribution is -0.00989. The molecular weight excluding hydrogens is 496 g/mol. The van der Waals surface area contributed by atoms with Gasteiger partial charge in [0.2, 0.25) is 0 Å². The topological polar surface area (TPSA) is 59.5 Å². The SMILES string of the molecule is CC(C)NCc1nc(C(C)C)ccc1C1CCOC(CN(C)CCc2nc(C(C)C)ccc2C2CCOCC2)C1. The molecule has 1 N–H and O–H groups in total. The molecule has 0 aliphatic carbocycles. The first-order valence-corrected chi connectivity index (χ1v) is 15.8. The lowest BCUT2D eigenvalue weighted by atomic mass is 9.86. The van der Waals surface area contributed by atoms with Gasteiger partial charge in [-0.3, -0.25) is 9.97 Å². The molecule has 2 saturated heterocycles. The van der Waals surface area contributed by atoms with Crippen molar-refractivity contribution in [1.29, 1.82) is 0 Å². The number of hydrogen-bond acceptors (Lipinski definition) is 6. The summed E-state index contributed by atoms with van der Waals surface area (Å²) in [5, 5.41) is 3.61. The molecule has 4 rings (SSSR count). The number of likely N-dealkylation sites (N-methyl/N-ethyl adjacent to an activating group) is 1. The molecule has 0 aromatic carbocycles. The van der Waals surface area contributed by atoms with Gasteiger partial charge in [-0.05, 0) is 79.7 Å². The molecule has 2 aliphatic rings. The number of hydrogen-bond donors (Lipinski definition) is 1. The Morgan fingerprint density at radius 1 is 0.825 bits per heavy atom. The van der Waals surface area contributed by atoms with Gasteiger partial charge in [-0.15, -0.1) is 0 Å². The Balaban J connectivity index is 1.40. The third-order valence-corrected chi connectivity index (χ3v) is 8.64. The number of ether oxygens (including phenoxy) is 2. The van der Waals surface area contributed by atoms with Gasteiger partial charge < -0.3 is 19.7 Å². The number of pyridine rings is 2. The van der Waals surface area contributed by atoms with Crippen LogP contribution in [0.25, 0.3) is 0 Å². The third-order valence-electron chi connectivity index (χ3n) is 8.64.